The molecule has 1 atom stereocenters. The van der Waals surface area contributed by atoms with Crippen LogP contribution in [0.4, 0.5) is 5.69 Å². The minimum Gasteiger partial charge on any atom is -0.372 e. The molecule has 4 aromatic rings. The number of hydrazine groups is 1. The number of nitrogens with one attached hydrogen (secondary N) is 3. The molecule has 0 heterocycles. The highest BCUT2D eigenvalue weighted by atomic mass is 35.5. The zero-order valence-electron chi connectivity index (χ0n) is 18.7. The lowest BCUT2D eigenvalue weighted by molar-refractivity contribution is -0.138. The monoisotopic (exact) mass is 485 g/mol. The zero-order chi connectivity index (χ0) is 24.7. The van der Waals surface area contributed by atoms with E-state index in [4.69, 9.17) is 11.6 Å². The summed E-state index contributed by atoms with van der Waals surface area (Å²) in [6.07, 6.45) is 0. The van der Waals surface area contributed by atoms with Crippen molar-refractivity contribution >= 4 is 29.1 Å². The van der Waals surface area contributed by atoms with Crippen LogP contribution in [0.2, 0.25) is 5.02 Å². The second-order valence-electron chi connectivity index (χ2n) is 7.88. The van der Waals surface area contributed by atoms with Crippen molar-refractivity contribution in [2.75, 3.05) is 5.32 Å². The van der Waals surface area contributed by atoms with Crippen molar-refractivity contribution in [2.45, 2.75) is 11.6 Å². The highest BCUT2D eigenvalue weighted by molar-refractivity contribution is 6.30. The molecule has 0 aliphatic carbocycles. The molecule has 0 bridgehead atoms. The van der Waals surface area contributed by atoms with E-state index < -0.39 is 23.5 Å². The van der Waals surface area contributed by atoms with Gasteiger partial charge in [-0.3, -0.25) is 15.0 Å². The third-order valence-electron chi connectivity index (χ3n) is 5.55. The van der Waals surface area contributed by atoms with Gasteiger partial charge in [-0.2, -0.15) is 0 Å². The average molecular weight is 486 g/mol. The number of aliphatic hydroxyl groups is 1. The molecule has 4 rings (SSSR count). The molecule has 7 heteroatoms. The number of halogens is 1. The second-order valence-corrected chi connectivity index (χ2v) is 8.32. The van der Waals surface area contributed by atoms with Gasteiger partial charge in [0.05, 0.1) is 0 Å². The highest BCUT2D eigenvalue weighted by Gasteiger charge is 2.40. The van der Waals surface area contributed by atoms with Crippen LogP contribution in [0.1, 0.15) is 22.7 Å². The van der Waals surface area contributed by atoms with Crippen LogP contribution in [0, 0.1) is 0 Å². The third-order valence-corrected chi connectivity index (χ3v) is 5.80. The molecule has 0 spiro atoms. The number of carbonyl (C=O) groups excluding carboxylic acids is 2. The van der Waals surface area contributed by atoms with Crippen LogP contribution in [0.25, 0.3) is 0 Å². The lowest BCUT2D eigenvalue weighted by Crippen LogP contribution is -2.53. The predicted octanol–water partition coefficient (Wildman–Crippen LogP) is 4.58. The Morgan fingerprint density at radius 1 is 0.714 bits per heavy atom. The van der Waals surface area contributed by atoms with Crippen molar-refractivity contribution in [3.63, 3.8) is 0 Å². The minimum atomic E-state index is -1.98. The van der Waals surface area contributed by atoms with Gasteiger partial charge in [0, 0.05) is 10.7 Å². The molecule has 0 aliphatic rings. The Morgan fingerprint density at radius 2 is 1.20 bits per heavy atom. The molecular formula is C28H24ClN3O3. The van der Waals surface area contributed by atoms with Crippen LogP contribution in [0.15, 0.2) is 115 Å². The lowest BCUT2D eigenvalue weighted by atomic mass is 9.85. The molecule has 0 fully saturated rings. The molecule has 0 aromatic heterocycles. The summed E-state index contributed by atoms with van der Waals surface area (Å²) >= 11 is 5.94. The van der Waals surface area contributed by atoms with E-state index in [-0.39, 0.29) is 0 Å². The van der Waals surface area contributed by atoms with Crippen LogP contribution in [-0.4, -0.2) is 16.9 Å². The Labute approximate surface area is 208 Å². The molecule has 176 valence electrons. The van der Waals surface area contributed by atoms with Crippen molar-refractivity contribution < 1.29 is 14.7 Å². The highest BCUT2D eigenvalue weighted by Crippen LogP contribution is 2.30. The van der Waals surface area contributed by atoms with E-state index in [2.05, 4.69) is 16.2 Å². The molecule has 2 amide bonds. The van der Waals surface area contributed by atoms with Gasteiger partial charge in [0.25, 0.3) is 5.91 Å². The Kier molecular flexibility index (Phi) is 7.57. The Hall–Kier alpha value is -3.97. The molecule has 0 radical (unpaired) electrons. The summed E-state index contributed by atoms with van der Waals surface area (Å²) < 4.78 is 0. The summed E-state index contributed by atoms with van der Waals surface area (Å²) in [6, 6.07) is 32.0. The maximum Gasteiger partial charge on any atom is 0.275 e. The SMILES string of the molecule is O=C(Nc1ccc(Cl)cc1)[C@H](NNC(=O)C(O)(c1ccccc1)c1ccccc1)c1ccccc1. The van der Waals surface area contributed by atoms with Gasteiger partial charge in [-0.25, -0.2) is 5.43 Å². The van der Waals surface area contributed by atoms with Crippen LogP contribution < -0.4 is 16.2 Å². The summed E-state index contributed by atoms with van der Waals surface area (Å²) in [6.45, 7) is 0. The number of carbonyl (C=O) groups is 2. The quantitative estimate of drug-likeness (QED) is 0.275. The number of anilines is 1. The van der Waals surface area contributed by atoms with Gasteiger partial charge >= 0.3 is 0 Å². The van der Waals surface area contributed by atoms with E-state index >= 15 is 0 Å². The molecule has 0 aliphatic heterocycles. The molecule has 0 unspecified atom stereocenters. The summed E-state index contributed by atoms with van der Waals surface area (Å²) in [4.78, 5) is 26.6. The van der Waals surface area contributed by atoms with Gasteiger partial charge in [-0.1, -0.05) is 103 Å². The van der Waals surface area contributed by atoms with E-state index in [0.29, 0.717) is 27.4 Å². The second kappa shape index (κ2) is 11.0. The standard InChI is InChI=1S/C28H24ClN3O3/c29-23-16-18-24(19-17-23)30-26(33)25(20-10-4-1-5-11-20)31-32-27(34)28(35,21-12-6-2-7-13-21)22-14-8-3-9-15-22/h1-19,25,31,35H,(H,30,33)(H,32,34)/t25-/m1/s1. The number of benzene rings is 4. The number of hydrogen-bond acceptors (Lipinski definition) is 4. The Bertz CT molecular complexity index is 1230. The largest absolute Gasteiger partial charge is 0.372 e. The van der Waals surface area contributed by atoms with E-state index in [1.165, 1.54) is 0 Å². The summed E-state index contributed by atoms with van der Waals surface area (Å²) in [5, 5.41) is 15.0. The number of rotatable bonds is 8. The smallest absolute Gasteiger partial charge is 0.275 e. The minimum absolute atomic E-state index is 0.396. The van der Waals surface area contributed by atoms with Crippen molar-refractivity contribution in [1.29, 1.82) is 0 Å². The predicted molar refractivity (Wildman–Crippen MR) is 136 cm³/mol. The van der Waals surface area contributed by atoms with Gasteiger partial charge in [0.2, 0.25) is 5.91 Å². The first-order chi connectivity index (χ1) is 17.0. The number of hydrogen-bond donors (Lipinski definition) is 4. The van der Waals surface area contributed by atoms with E-state index in [1.807, 2.05) is 6.07 Å². The van der Waals surface area contributed by atoms with Gasteiger partial charge in [0.15, 0.2) is 5.60 Å². The molecular weight excluding hydrogens is 462 g/mol. The third kappa shape index (κ3) is 5.58. The van der Waals surface area contributed by atoms with Gasteiger partial charge in [0.1, 0.15) is 6.04 Å². The zero-order valence-corrected chi connectivity index (χ0v) is 19.4. The summed E-state index contributed by atoms with van der Waals surface area (Å²) in [5.74, 6) is -1.13. The van der Waals surface area contributed by atoms with Crippen LogP contribution in [-0.2, 0) is 15.2 Å². The van der Waals surface area contributed by atoms with Gasteiger partial charge in [-0.15, -0.1) is 0 Å². The maximum absolute atomic E-state index is 13.5. The van der Waals surface area contributed by atoms with Crippen LogP contribution >= 0.6 is 11.6 Å². The number of amides is 2. The first kappa shape index (κ1) is 24.2. The Balaban J connectivity index is 1.60. The maximum atomic E-state index is 13.5. The Morgan fingerprint density at radius 3 is 1.71 bits per heavy atom. The van der Waals surface area contributed by atoms with Crippen LogP contribution in [0.3, 0.4) is 0 Å². The van der Waals surface area contributed by atoms with E-state index in [1.54, 1.807) is 109 Å². The summed E-state index contributed by atoms with van der Waals surface area (Å²) in [7, 11) is 0. The molecule has 0 saturated carbocycles. The first-order valence-electron chi connectivity index (χ1n) is 11.0. The molecule has 4 N–H and O–H groups in total. The molecule has 6 nitrogen and oxygen atoms in total. The normalized spacial score (nSPS) is 11.9. The van der Waals surface area contributed by atoms with Crippen molar-refractivity contribution in [2.24, 2.45) is 0 Å². The van der Waals surface area contributed by atoms with Crippen LogP contribution in [0.5, 0.6) is 0 Å². The molecule has 4 aromatic carbocycles. The first-order valence-corrected chi connectivity index (χ1v) is 11.4. The topological polar surface area (TPSA) is 90.5 Å². The molecule has 35 heavy (non-hydrogen) atoms. The fourth-order valence-corrected chi connectivity index (χ4v) is 3.84. The molecule has 0 saturated heterocycles. The van der Waals surface area contributed by atoms with Crippen molar-refractivity contribution in [1.82, 2.24) is 10.9 Å². The van der Waals surface area contributed by atoms with Crippen molar-refractivity contribution in [3.8, 4) is 0 Å². The fraction of sp³-hybridized carbons (Fsp3) is 0.0714. The average Bonchev–Trinajstić information content (AvgIpc) is 2.91. The fourth-order valence-electron chi connectivity index (χ4n) is 3.71. The van der Waals surface area contributed by atoms with E-state index in [9.17, 15) is 14.7 Å². The van der Waals surface area contributed by atoms with Gasteiger partial charge < -0.3 is 10.4 Å². The van der Waals surface area contributed by atoms with Crippen molar-refractivity contribution in [3.05, 3.63) is 137 Å². The lowest BCUT2D eigenvalue weighted by Gasteiger charge is -2.29. The van der Waals surface area contributed by atoms with Gasteiger partial charge in [-0.05, 0) is 41.0 Å². The van der Waals surface area contributed by atoms with E-state index in [0.717, 1.165) is 0 Å². The summed E-state index contributed by atoms with van der Waals surface area (Å²) in [5.41, 5.74) is 5.38.